The standard InChI is InChI=1S/C17H22FN3/c1-4-17-11(2)20-21(12(17)3)16-8-13(7-14(18)9-16)10-19-15-5-6-15/h7-9,15,19H,4-6,10H2,1-3H3. The van der Waals surface area contributed by atoms with Crippen LogP contribution in [-0.2, 0) is 13.0 Å². The molecular formula is C17H22FN3. The number of nitrogens with one attached hydrogen (secondary N) is 1. The zero-order valence-electron chi connectivity index (χ0n) is 12.9. The smallest absolute Gasteiger partial charge is 0.125 e. The maximum Gasteiger partial charge on any atom is 0.125 e. The van der Waals surface area contributed by atoms with E-state index in [0.29, 0.717) is 6.04 Å². The highest BCUT2D eigenvalue weighted by molar-refractivity contribution is 5.40. The number of aryl methyl sites for hydroxylation is 1. The van der Waals surface area contributed by atoms with Crippen LogP contribution in [0.15, 0.2) is 18.2 Å². The molecule has 1 aliphatic carbocycles. The summed E-state index contributed by atoms with van der Waals surface area (Å²) in [6.07, 6.45) is 3.42. The molecule has 1 saturated carbocycles. The van der Waals surface area contributed by atoms with Gasteiger partial charge in [0.05, 0.1) is 11.4 Å². The van der Waals surface area contributed by atoms with E-state index >= 15 is 0 Å². The molecule has 0 spiro atoms. The molecule has 0 unspecified atom stereocenters. The summed E-state index contributed by atoms with van der Waals surface area (Å²) in [5.41, 5.74) is 5.15. The van der Waals surface area contributed by atoms with Crippen LogP contribution in [0.4, 0.5) is 4.39 Å². The number of hydrogen-bond donors (Lipinski definition) is 1. The van der Waals surface area contributed by atoms with Crippen LogP contribution in [0.1, 0.15) is 42.3 Å². The second-order valence-electron chi connectivity index (χ2n) is 5.89. The van der Waals surface area contributed by atoms with Gasteiger partial charge in [0.15, 0.2) is 0 Å². The first-order valence-corrected chi connectivity index (χ1v) is 7.66. The van der Waals surface area contributed by atoms with Crippen LogP contribution in [0.2, 0.25) is 0 Å². The second kappa shape index (κ2) is 5.60. The van der Waals surface area contributed by atoms with Gasteiger partial charge in [-0.2, -0.15) is 5.10 Å². The van der Waals surface area contributed by atoms with Gasteiger partial charge in [0.1, 0.15) is 5.82 Å². The molecule has 1 fully saturated rings. The van der Waals surface area contributed by atoms with Crippen molar-refractivity contribution in [3.63, 3.8) is 0 Å². The van der Waals surface area contributed by atoms with E-state index in [2.05, 4.69) is 17.3 Å². The van der Waals surface area contributed by atoms with E-state index in [0.717, 1.165) is 35.6 Å². The molecule has 1 aliphatic rings. The molecule has 1 heterocycles. The summed E-state index contributed by atoms with van der Waals surface area (Å²) in [7, 11) is 0. The predicted molar refractivity (Wildman–Crippen MR) is 82.2 cm³/mol. The average molecular weight is 287 g/mol. The van der Waals surface area contributed by atoms with E-state index in [1.807, 2.05) is 24.6 Å². The average Bonchev–Trinajstić information content (AvgIpc) is 3.22. The maximum absolute atomic E-state index is 13.9. The largest absolute Gasteiger partial charge is 0.310 e. The first-order chi connectivity index (χ1) is 10.1. The van der Waals surface area contributed by atoms with E-state index < -0.39 is 0 Å². The lowest BCUT2D eigenvalue weighted by Gasteiger charge is -2.09. The molecule has 112 valence electrons. The Morgan fingerprint density at radius 1 is 1.29 bits per heavy atom. The molecule has 0 radical (unpaired) electrons. The van der Waals surface area contributed by atoms with Crippen LogP contribution in [0.25, 0.3) is 5.69 Å². The summed E-state index contributed by atoms with van der Waals surface area (Å²) in [6, 6.07) is 5.80. The van der Waals surface area contributed by atoms with Gasteiger partial charge < -0.3 is 5.32 Å². The van der Waals surface area contributed by atoms with Crippen LogP contribution in [0, 0.1) is 19.7 Å². The van der Waals surface area contributed by atoms with Crippen LogP contribution < -0.4 is 5.32 Å². The van der Waals surface area contributed by atoms with Crippen LogP contribution in [0.3, 0.4) is 0 Å². The van der Waals surface area contributed by atoms with Crippen LogP contribution in [-0.4, -0.2) is 15.8 Å². The van der Waals surface area contributed by atoms with Crippen molar-refractivity contribution in [1.82, 2.24) is 15.1 Å². The van der Waals surface area contributed by atoms with Crippen molar-refractivity contribution < 1.29 is 4.39 Å². The third-order valence-corrected chi connectivity index (χ3v) is 4.15. The minimum absolute atomic E-state index is 0.203. The predicted octanol–water partition coefficient (Wildman–Crippen LogP) is 3.44. The van der Waals surface area contributed by atoms with Gasteiger partial charge in [-0.05, 0) is 62.4 Å². The molecule has 1 aromatic carbocycles. The highest BCUT2D eigenvalue weighted by atomic mass is 19.1. The van der Waals surface area contributed by atoms with Crippen LogP contribution >= 0.6 is 0 Å². The topological polar surface area (TPSA) is 29.9 Å². The molecule has 0 bridgehead atoms. The van der Waals surface area contributed by atoms with Gasteiger partial charge in [0.2, 0.25) is 0 Å². The molecule has 4 heteroatoms. The lowest BCUT2D eigenvalue weighted by atomic mass is 10.1. The highest BCUT2D eigenvalue weighted by Gasteiger charge is 2.20. The summed E-state index contributed by atoms with van der Waals surface area (Å²) in [4.78, 5) is 0. The fraction of sp³-hybridized carbons (Fsp3) is 0.471. The van der Waals surface area contributed by atoms with Gasteiger partial charge >= 0.3 is 0 Å². The zero-order valence-corrected chi connectivity index (χ0v) is 12.9. The normalized spacial score (nSPS) is 14.7. The fourth-order valence-corrected chi connectivity index (χ4v) is 2.85. The molecule has 2 aromatic rings. The van der Waals surface area contributed by atoms with Crippen molar-refractivity contribution >= 4 is 0 Å². The van der Waals surface area contributed by atoms with Gasteiger partial charge in [0, 0.05) is 18.3 Å². The number of rotatable bonds is 5. The van der Waals surface area contributed by atoms with E-state index in [4.69, 9.17) is 0 Å². The van der Waals surface area contributed by atoms with Crippen molar-refractivity contribution in [2.45, 2.75) is 52.6 Å². The van der Waals surface area contributed by atoms with Gasteiger partial charge in [0.25, 0.3) is 0 Å². The highest BCUT2D eigenvalue weighted by Crippen LogP contribution is 2.22. The van der Waals surface area contributed by atoms with E-state index in [-0.39, 0.29) is 5.82 Å². The van der Waals surface area contributed by atoms with Gasteiger partial charge in [-0.3, -0.25) is 0 Å². The molecule has 3 rings (SSSR count). The number of benzene rings is 1. The number of nitrogens with zero attached hydrogens (tertiary/aromatic N) is 2. The number of hydrogen-bond acceptors (Lipinski definition) is 2. The summed E-state index contributed by atoms with van der Waals surface area (Å²) in [6.45, 7) is 6.90. The monoisotopic (exact) mass is 287 g/mol. The third kappa shape index (κ3) is 3.00. The summed E-state index contributed by atoms with van der Waals surface area (Å²) in [5.74, 6) is -0.203. The molecular weight excluding hydrogens is 265 g/mol. The summed E-state index contributed by atoms with van der Waals surface area (Å²) < 4.78 is 15.8. The SMILES string of the molecule is CCc1c(C)nn(-c2cc(F)cc(CNC3CC3)c2)c1C. The zero-order chi connectivity index (χ0) is 15.0. The third-order valence-electron chi connectivity index (χ3n) is 4.15. The van der Waals surface area contributed by atoms with Crippen molar-refractivity contribution in [3.8, 4) is 5.69 Å². The molecule has 3 nitrogen and oxygen atoms in total. The van der Waals surface area contributed by atoms with Crippen molar-refractivity contribution in [2.75, 3.05) is 0 Å². The Kier molecular flexibility index (Phi) is 3.81. The lowest BCUT2D eigenvalue weighted by Crippen LogP contribution is -2.15. The molecule has 21 heavy (non-hydrogen) atoms. The lowest BCUT2D eigenvalue weighted by molar-refractivity contribution is 0.616. The Hall–Kier alpha value is -1.68. The molecule has 0 atom stereocenters. The van der Waals surface area contributed by atoms with E-state index in [1.54, 1.807) is 12.1 Å². The number of halogens is 1. The first kappa shape index (κ1) is 14.3. The minimum atomic E-state index is -0.203. The Balaban J connectivity index is 1.93. The molecule has 1 N–H and O–H groups in total. The molecule has 1 aromatic heterocycles. The molecule has 0 saturated heterocycles. The van der Waals surface area contributed by atoms with Gasteiger partial charge in [-0.25, -0.2) is 9.07 Å². The summed E-state index contributed by atoms with van der Waals surface area (Å²) >= 11 is 0. The van der Waals surface area contributed by atoms with Gasteiger partial charge in [-0.1, -0.05) is 6.92 Å². The van der Waals surface area contributed by atoms with E-state index in [1.165, 1.54) is 18.4 Å². The second-order valence-corrected chi connectivity index (χ2v) is 5.89. The van der Waals surface area contributed by atoms with Crippen molar-refractivity contribution in [2.24, 2.45) is 0 Å². The van der Waals surface area contributed by atoms with Crippen molar-refractivity contribution in [3.05, 3.63) is 46.5 Å². The Bertz CT molecular complexity index is 656. The van der Waals surface area contributed by atoms with Crippen LogP contribution in [0.5, 0.6) is 0 Å². The van der Waals surface area contributed by atoms with E-state index in [9.17, 15) is 4.39 Å². The Morgan fingerprint density at radius 3 is 2.67 bits per heavy atom. The Morgan fingerprint density at radius 2 is 2.05 bits per heavy atom. The molecule has 0 aliphatic heterocycles. The maximum atomic E-state index is 13.9. The number of aromatic nitrogens is 2. The van der Waals surface area contributed by atoms with Gasteiger partial charge in [-0.15, -0.1) is 0 Å². The fourth-order valence-electron chi connectivity index (χ4n) is 2.85. The minimum Gasteiger partial charge on any atom is -0.310 e. The quantitative estimate of drug-likeness (QED) is 0.913. The molecule has 0 amide bonds. The van der Waals surface area contributed by atoms with Crippen molar-refractivity contribution in [1.29, 1.82) is 0 Å². The Labute approximate surface area is 125 Å². The first-order valence-electron chi connectivity index (χ1n) is 7.66. The summed E-state index contributed by atoms with van der Waals surface area (Å²) in [5, 5.41) is 8.00.